The molecule has 1 aromatic rings. The fourth-order valence-corrected chi connectivity index (χ4v) is 2.64. The summed E-state index contributed by atoms with van der Waals surface area (Å²) in [6, 6.07) is 8.71. The molecule has 1 aliphatic carbocycles. The van der Waals surface area contributed by atoms with Crippen molar-refractivity contribution in [3.05, 3.63) is 35.4 Å². The molecule has 0 N–H and O–H groups in total. The maximum Gasteiger partial charge on any atom is 0.0881 e. The van der Waals surface area contributed by atoms with Crippen LogP contribution >= 0.6 is 31.9 Å². The van der Waals surface area contributed by atoms with Crippen molar-refractivity contribution in [2.45, 2.75) is 22.5 Å². The summed E-state index contributed by atoms with van der Waals surface area (Å²) >= 11 is 7.26. The highest BCUT2D eigenvalue weighted by molar-refractivity contribution is 9.25. The van der Waals surface area contributed by atoms with Gasteiger partial charge in [0.05, 0.1) is 3.23 Å². The van der Waals surface area contributed by atoms with Crippen LogP contribution in [0.25, 0.3) is 0 Å². The molecule has 0 bridgehead atoms. The fourth-order valence-electron chi connectivity index (χ4n) is 1.46. The Labute approximate surface area is 89.6 Å². The summed E-state index contributed by atoms with van der Waals surface area (Å²) in [6.07, 6.45) is 1.19. The van der Waals surface area contributed by atoms with Gasteiger partial charge in [-0.05, 0) is 18.9 Å². The van der Waals surface area contributed by atoms with Crippen LogP contribution in [0.2, 0.25) is 0 Å². The van der Waals surface area contributed by atoms with Crippen LogP contribution in [0.5, 0.6) is 0 Å². The summed E-state index contributed by atoms with van der Waals surface area (Å²) in [5, 5.41) is 0. The third-order valence-corrected chi connectivity index (χ3v) is 4.02. The molecule has 0 aromatic heterocycles. The van der Waals surface area contributed by atoms with Crippen LogP contribution in [0, 0.1) is 6.92 Å². The van der Waals surface area contributed by atoms with Crippen molar-refractivity contribution in [2.24, 2.45) is 0 Å². The van der Waals surface area contributed by atoms with Crippen LogP contribution in [-0.2, 0) is 0 Å². The van der Waals surface area contributed by atoms with E-state index in [4.69, 9.17) is 0 Å². The highest BCUT2D eigenvalue weighted by Gasteiger charge is 2.50. The van der Waals surface area contributed by atoms with Gasteiger partial charge >= 0.3 is 0 Å². The molecular formula is C10H10Br2. The number of alkyl halides is 2. The van der Waals surface area contributed by atoms with Crippen LogP contribution < -0.4 is 0 Å². The maximum atomic E-state index is 3.63. The Bertz CT molecular complexity index is 304. The van der Waals surface area contributed by atoms with Gasteiger partial charge in [-0.2, -0.15) is 0 Å². The summed E-state index contributed by atoms with van der Waals surface area (Å²) < 4.78 is 0.188. The molecule has 0 aliphatic heterocycles. The zero-order valence-corrected chi connectivity index (χ0v) is 10.0. The van der Waals surface area contributed by atoms with Crippen molar-refractivity contribution in [2.75, 3.05) is 0 Å². The van der Waals surface area contributed by atoms with Gasteiger partial charge in [-0.15, -0.1) is 0 Å². The molecule has 0 nitrogen and oxygen atoms in total. The van der Waals surface area contributed by atoms with E-state index in [1.54, 1.807) is 0 Å². The Morgan fingerprint density at radius 1 is 1.42 bits per heavy atom. The first kappa shape index (κ1) is 8.76. The van der Waals surface area contributed by atoms with E-state index in [0.29, 0.717) is 5.92 Å². The van der Waals surface area contributed by atoms with Gasteiger partial charge in [0.25, 0.3) is 0 Å². The second-order valence-electron chi connectivity index (χ2n) is 3.43. The van der Waals surface area contributed by atoms with Crippen molar-refractivity contribution in [1.82, 2.24) is 0 Å². The van der Waals surface area contributed by atoms with E-state index in [-0.39, 0.29) is 3.23 Å². The molecule has 0 spiro atoms. The Hall–Kier alpha value is 0.180. The van der Waals surface area contributed by atoms with E-state index in [2.05, 4.69) is 63.0 Å². The molecule has 0 amide bonds. The first-order valence-electron chi connectivity index (χ1n) is 4.04. The smallest absolute Gasteiger partial charge is 0.0720 e. The Morgan fingerprint density at radius 2 is 2.08 bits per heavy atom. The van der Waals surface area contributed by atoms with Crippen molar-refractivity contribution < 1.29 is 0 Å². The molecule has 1 atom stereocenters. The van der Waals surface area contributed by atoms with E-state index >= 15 is 0 Å². The zero-order chi connectivity index (χ0) is 8.77. The van der Waals surface area contributed by atoms with E-state index < -0.39 is 0 Å². The van der Waals surface area contributed by atoms with Gasteiger partial charge in [0.1, 0.15) is 0 Å². The predicted octanol–water partition coefficient (Wildman–Crippen LogP) is 3.97. The lowest BCUT2D eigenvalue weighted by atomic mass is 10.1. The monoisotopic (exact) mass is 288 g/mol. The zero-order valence-electron chi connectivity index (χ0n) is 6.85. The molecular weight excluding hydrogens is 280 g/mol. The van der Waals surface area contributed by atoms with Crippen LogP contribution in [0.15, 0.2) is 24.3 Å². The summed E-state index contributed by atoms with van der Waals surface area (Å²) in [5.74, 6) is 0.650. The summed E-state index contributed by atoms with van der Waals surface area (Å²) in [5.41, 5.74) is 2.78. The minimum absolute atomic E-state index is 0.188. The first-order valence-corrected chi connectivity index (χ1v) is 5.62. The lowest BCUT2D eigenvalue weighted by Gasteiger charge is -2.01. The van der Waals surface area contributed by atoms with Gasteiger partial charge < -0.3 is 0 Å². The van der Waals surface area contributed by atoms with Crippen LogP contribution in [0.4, 0.5) is 0 Å². The molecule has 1 aromatic carbocycles. The number of halogens is 2. The molecule has 1 aliphatic rings. The number of rotatable bonds is 1. The quantitative estimate of drug-likeness (QED) is 0.686. The molecule has 2 heteroatoms. The second-order valence-corrected chi connectivity index (χ2v) is 7.33. The van der Waals surface area contributed by atoms with E-state index in [9.17, 15) is 0 Å². The summed E-state index contributed by atoms with van der Waals surface area (Å²) in [7, 11) is 0. The normalized spacial score (nSPS) is 25.4. The molecule has 0 saturated heterocycles. The molecule has 1 saturated carbocycles. The van der Waals surface area contributed by atoms with Crippen LogP contribution in [0.3, 0.4) is 0 Å². The standard InChI is InChI=1S/C10H10Br2/c1-7-3-2-4-8(5-7)9-6-10(9,11)12/h2-5,9H,6H2,1H3. The van der Waals surface area contributed by atoms with Crippen LogP contribution in [-0.4, -0.2) is 3.23 Å². The number of hydrogen-bond acceptors (Lipinski definition) is 0. The van der Waals surface area contributed by atoms with E-state index in [1.807, 2.05) is 0 Å². The van der Waals surface area contributed by atoms with E-state index in [1.165, 1.54) is 17.5 Å². The molecule has 64 valence electrons. The third-order valence-electron chi connectivity index (χ3n) is 2.27. The number of benzene rings is 1. The maximum absolute atomic E-state index is 3.63. The van der Waals surface area contributed by atoms with Gasteiger partial charge in [0.2, 0.25) is 0 Å². The third kappa shape index (κ3) is 1.60. The Balaban J connectivity index is 2.26. The Morgan fingerprint density at radius 3 is 2.58 bits per heavy atom. The first-order chi connectivity index (χ1) is 5.59. The van der Waals surface area contributed by atoms with Crippen molar-refractivity contribution in [3.63, 3.8) is 0 Å². The van der Waals surface area contributed by atoms with Crippen molar-refractivity contribution in [1.29, 1.82) is 0 Å². The Kier molecular flexibility index (Phi) is 2.08. The summed E-state index contributed by atoms with van der Waals surface area (Å²) in [4.78, 5) is 0. The highest BCUT2D eigenvalue weighted by atomic mass is 79.9. The number of hydrogen-bond donors (Lipinski definition) is 0. The lowest BCUT2D eigenvalue weighted by molar-refractivity contribution is 1.12. The van der Waals surface area contributed by atoms with Gasteiger partial charge in [0.15, 0.2) is 0 Å². The molecule has 2 rings (SSSR count). The predicted molar refractivity (Wildman–Crippen MR) is 59.1 cm³/mol. The highest BCUT2D eigenvalue weighted by Crippen LogP contribution is 2.62. The van der Waals surface area contributed by atoms with Crippen molar-refractivity contribution in [3.8, 4) is 0 Å². The minimum Gasteiger partial charge on any atom is -0.0720 e. The topological polar surface area (TPSA) is 0 Å². The molecule has 0 radical (unpaired) electrons. The fraction of sp³-hybridized carbons (Fsp3) is 0.400. The van der Waals surface area contributed by atoms with Crippen LogP contribution in [0.1, 0.15) is 23.5 Å². The second kappa shape index (κ2) is 2.85. The molecule has 12 heavy (non-hydrogen) atoms. The van der Waals surface area contributed by atoms with Gasteiger partial charge in [0, 0.05) is 5.92 Å². The largest absolute Gasteiger partial charge is 0.0881 e. The average Bonchev–Trinajstić information content (AvgIpc) is 2.60. The average molecular weight is 290 g/mol. The van der Waals surface area contributed by atoms with Crippen molar-refractivity contribution >= 4 is 31.9 Å². The molecule has 1 fully saturated rings. The van der Waals surface area contributed by atoms with Gasteiger partial charge in [-0.1, -0.05) is 61.7 Å². The van der Waals surface area contributed by atoms with E-state index in [0.717, 1.165) is 0 Å². The lowest BCUT2D eigenvalue weighted by Crippen LogP contribution is -1.88. The van der Waals surface area contributed by atoms with Gasteiger partial charge in [-0.3, -0.25) is 0 Å². The molecule has 1 unspecified atom stereocenters. The minimum atomic E-state index is 0.188. The van der Waals surface area contributed by atoms with Gasteiger partial charge in [-0.25, -0.2) is 0 Å². The molecule has 0 heterocycles. The summed E-state index contributed by atoms with van der Waals surface area (Å²) in [6.45, 7) is 2.13. The SMILES string of the molecule is Cc1cccc(C2CC2(Br)Br)c1. The number of aryl methyl sites for hydroxylation is 1.